The predicted molar refractivity (Wildman–Crippen MR) is 137 cm³/mol. The van der Waals surface area contributed by atoms with Crippen molar-refractivity contribution >= 4 is 35.8 Å². The van der Waals surface area contributed by atoms with Gasteiger partial charge in [-0.25, -0.2) is 4.99 Å². The van der Waals surface area contributed by atoms with Gasteiger partial charge in [-0.1, -0.05) is 54.6 Å². The van der Waals surface area contributed by atoms with Crippen molar-refractivity contribution in [3.05, 3.63) is 71.3 Å². The van der Waals surface area contributed by atoms with Crippen LogP contribution in [0.3, 0.4) is 0 Å². The standard InChI is InChI=1S/C24H33N5O.HI/c1-2-25-24(28-18-23(30)26-16-20-8-4-3-5-9-20)27-17-21-10-12-22(13-11-21)19-29-14-6-7-15-29;/h3-5,8-13H,2,6-7,14-19H2,1H3,(H,26,30)(H2,25,27,28);1H. The molecule has 0 unspecified atom stereocenters. The molecule has 1 aliphatic heterocycles. The molecule has 0 aliphatic carbocycles. The number of guanidine groups is 1. The molecule has 1 fully saturated rings. The summed E-state index contributed by atoms with van der Waals surface area (Å²) in [6.45, 7) is 7.50. The molecule has 0 spiro atoms. The number of carbonyl (C=O) groups is 1. The Morgan fingerprint density at radius 3 is 2.26 bits per heavy atom. The minimum Gasteiger partial charge on any atom is -0.357 e. The summed E-state index contributed by atoms with van der Waals surface area (Å²) < 4.78 is 0. The van der Waals surface area contributed by atoms with Crippen LogP contribution in [0, 0.1) is 0 Å². The molecule has 0 radical (unpaired) electrons. The topological polar surface area (TPSA) is 68.8 Å². The summed E-state index contributed by atoms with van der Waals surface area (Å²) in [5.41, 5.74) is 3.59. The Bertz CT molecular complexity index is 804. The lowest BCUT2D eigenvalue weighted by Crippen LogP contribution is -2.43. The van der Waals surface area contributed by atoms with Gasteiger partial charge in [-0.2, -0.15) is 0 Å². The summed E-state index contributed by atoms with van der Waals surface area (Å²) in [5, 5.41) is 9.22. The first-order valence-electron chi connectivity index (χ1n) is 10.9. The zero-order chi connectivity index (χ0) is 21.0. The van der Waals surface area contributed by atoms with E-state index in [1.54, 1.807) is 0 Å². The molecule has 6 nitrogen and oxygen atoms in total. The van der Waals surface area contributed by atoms with E-state index in [0.29, 0.717) is 19.0 Å². The largest absolute Gasteiger partial charge is 0.357 e. The smallest absolute Gasteiger partial charge is 0.239 e. The molecule has 2 aromatic carbocycles. The number of halogens is 1. The summed E-state index contributed by atoms with van der Waals surface area (Å²) in [7, 11) is 0. The Labute approximate surface area is 202 Å². The molecule has 3 N–H and O–H groups in total. The first-order chi connectivity index (χ1) is 14.7. The van der Waals surface area contributed by atoms with Crippen LogP contribution < -0.4 is 16.0 Å². The van der Waals surface area contributed by atoms with Crippen molar-refractivity contribution in [3.8, 4) is 0 Å². The molecule has 0 bridgehead atoms. The maximum Gasteiger partial charge on any atom is 0.239 e. The second-order valence-corrected chi connectivity index (χ2v) is 7.61. The number of nitrogens with one attached hydrogen (secondary N) is 3. The number of likely N-dealkylation sites (tertiary alicyclic amines) is 1. The van der Waals surface area contributed by atoms with Crippen LogP contribution in [-0.4, -0.2) is 42.9 Å². The van der Waals surface area contributed by atoms with Crippen LogP contribution in [0.4, 0.5) is 0 Å². The Morgan fingerprint density at radius 1 is 0.903 bits per heavy atom. The normalized spacial score (nSPS) is 14.0. The molecule has 0 saturated carbocycles. The van der Waals surface area contributed by atoms with E-state index < -0.39 is 0 Å². The molecule has 2 aromatic rings. The summed E-state index contributed by atoms with van der Waals surface area (Å²) in [5.74, 6) is 0.587. The summed E-state index contributed by atoms with van der Waals surface area (Å²) in [6, 6.07) is 18.6. The lowest BCUT2D eigenvalue weighted by Gasteiger charge is -2.14. The number of rotatable bonds is 9. The zero-order valence-electron chi connectivity index (χ0n) is 18.3. The van der Waals surface area contributed by atoms with E-state index >= 15 is 0 Å². The van der Waals surface area contributed by atoms with Gasteiger partial charge < -0.3 is 16.0 Å². The van der Waals surface area contributed by atoms with Gasteiger partial charge in [0, 0.05) is 19.6 Å². The van der Waals surface area contributed by atoms with Gasteiger partial charge in [0.2, 0.25) is 5.91 Å². The van der Waals surface area contributed by atoms with Crippen molar-refractivity contribution < 1.29 is 4.79 Å². The molecule has 1 saturated heterocycles. The first-order valence-corrected chi connectivity index (χ1v) is 10.9. The van der Waals surface area contributed by atoms with Crippen molar-refractivity contribution in [2.45, 2.75) is 39.4 Å². The summed E-state index contributed by atoms with van der Waals surface area (Å²) in [4.78, 5) is 19.2. The second kappa shape index (κ2) is 14.0. The number of carbonyl (C=O) groups excluding carboxylic acids is 1. The van der Waals surface area contributed by atoms with Gasteiger partial charge in [-0.15, -0.1) is 24.0 Å². The monoisotopic (exact) mass is 535 g/mol. The molecule has 1 aliphatic rings. The number of hydrogen-bond donors (Lipinski definition) is 3. The maximum absolute atomic E-state index is 12.1. The summed E-state index contributed by atoms with van der Waals surface area (Å²) in [6.07, 6.45) is 2.63. The quantitative estimate of drug-likeness (QED) is 0.262. The first kappa shape index (κ1) is 25.1. The van der Waals surface area contributed by atoms with Crippen molar-refractivity contribution in [1.29, 1.82) is 0 Å². The zero-order valence-corrected chi connectivity index (χ0v) is 20.6. The molecule has 1 amide bonds. The van der Waals surface area contributed by atoms with Crippen LogP contribution in [-0.2, 0) is 24.4 Å². The fourth-order valence-electron chi connectivity index (χ4n) is 3.48. The highest BCUT2D eigenvalue weighted by Crippen LogP contribution is 2.13. The molecular formula is C24H34IN5O. The van der Waals surface area contributed by atoms with Crippen LogP contribution in [0.5, 0.6) is 0 Å². The number of aliphatic imine (C=N–C) groups is 1. The SMILES string of the molecule is CCNC(=NCc1ccc(CN2CCCC2)cc1)NCC(=O)NCc1ccccc1.I. The Morgan fingerprint density at radius 2 is 1.58 bits per heavy atom. The lowest BCUT2D eigenvalue weighted by atomic mass is 10.1. The minimum atomic E-state index is -0.0595. The van der Waals surface area contributed by atoms with E-state index in [0.717, 1.165) is 24.2 Å². The minimum absolute atomic E-state index is 0. The van der Waals surface area contributed by atoms with Gasteiger partial charge in [0.25, 0.3) is 0 Å². The van der Waals surface area contributed by atoms with Gasteiger partial charge in [-0.3, -0.25) is 9.69 Å². The van der Waals surface area contributed by atoms with Crippen molar-refractivity contribution in [1.82, 2.24) is 20.9 Å². The van der Waals surface area contributed by atoms with Crippen molar-refractivity contribution in [2.75, 3.05) is 26.2 Å². The van der Waals surface area contributed by atoms with Gasteiger partial charge in [0.05, 0.1) is 13.1 Å². The molecule has 31 heavy (non-hydrogen) atoms. The highest BCUT2D eigenvalue weighted by atomic mass is 127. The third-order valence-corrected chi connectivity index (χ3v) is 5.14. The number of hydrogen-bond acceptors (Lipinski definition) is 3. The van der Waals surface area contributed by atoms with Crippen LogP contribution in [0.25, 0.3) is 0 Å². The van der Waals surface area contributed by atoms with E-state index in [9.17, 15) is 4.79 Å². The molecule has 7 heteroatoms. The third-order valence-electron chi connectivity index (χ3n) is 5.14. The van der Waals surface area contributed by atoms with E-state index in [-0.39, 0.29) is 36.4 Å². The van der Waals surface area contributed by atoms with Gasteiger partial charge >= 0.3 is 0 Å². The Balaban J connectivity index is 0.00000341. The number of benzene rings is 2. The van der Waals surface area contributed by atoms with Gasteiger partial charge in [-0.05, 0) is 49.5 Å². The second-order valence-electron chi connectivity index (χ2n) is 7.61. The molecule has 0 atom stereocenters. The van der Waals surface area contributed by atoms with Crippen LogP contribution in [0.2, 0.25) is 0 Å². The molecule has 0 aromatic heterocycles. The van der Waals surface area contributed by atoms with Gasteiger partial charge in [0.1, 0.15) is 0 Å². The number of amides is 1. The average Bonchev–Trinajstić information content (AvgIpc) is 3.29. The highest BCUT2D eigenvalue weighted by Gasteiger charge is 2.11. The van der Waals surface area contributed by atoms with Crippen LogP contribution in [0.1, 0.15) is 36.5 Å². The van der Waals surface area contributed by atoms with E-state index in [1.807, 2.05) is 37.3 Å². The van der Waals surface area contributed by atoms with E-state index in [2.05, 4.69) is 50.1 Å². The fraction of sp³-hybridized carbons (Fsp3) is 0.417. The van der Waals surface area contributed by atoms with Crippen LogP contribution >= 0.6 is 24.0 Å². The predicted octanol–water partition coefficient (Wildman–Crippen LogP) is 3.27. The van der Waals surface area contributed by atoms with Gasteiger partial charge in [0.15, 0.2) is 5.96 Å². The molecule has 168 valence electrons. The summed E-state index contributed by atoms with van der Waals surface area (Å²) >= 11 is 0. The Hall–Kier alpha value is -2.13. The highest BCUT2D eigenvalue weighted by molar-refractivity contribution is 14.0. The van der Waals surface area contributed by atoms with Crippen molar-refractivity contribution in [3.63, 3.8) is 0 Å². The maximum atomic E-state index is 12.1. The van der Waals surface area contributed by atoms with Crippen LogP contribution in [0.15, 0.2) is 59.6 Å². The Kier molecular flexibility index (Phi) is 11.4. The third kappa shape index (κ3) is 9.26. The lowest BCUT2D eigenvalue weighted by molar-refractivity contribution is -0.120. The fourth-order valence-corrected chi connectivity index (χ4v) is 3.48. The number of nitrogens with zero attached hydrogens (tertiary/aromatic N) is 2. The molecular weight excluding hydrogens is 501 g/mol. The van der Waals surface area contributed by atoms with Crippen molar-refractivity contribution in [2.24, 2.45) is 4.99 Å². The van der Waals surface area contributed by atoms with E-state index in [1.165, 1.54) is 31.5 Å². The average molecular weight is 535 g/mol. The molecule has 1 heterocycles. The molecule has 3 rings (SSSR count). The van der Waals surface area contributed by atoms with E-state index in [4.69, 9.17) is 0 Å².